The second-order valence-corrected chi connectivity index (χ2v) is 10.7. The minimum Gasteiger partial charge on any atom is -0.294 e. The van der Waals surface area contributed by atoms with Crippen LogP contribution in [-0.2, 0) is 14.6 Å². The van der Waals surface area contributed by atoms with Crippen molar-refractivity contribution >= 4 is 44.8 Å². The van der Waals surface area contributed by atoms with Crippen LogP contribution in [0.5, 0.6) is 0 Å². The Labute approximate surface area is 175 Å². The number of carbonyl (C=O) groups is 2. The van der Waals surface area contributed by atoms with Gasteiger partial charge in [-0.25, -0.2) is 8.42 Å². The van der Waals surface area contributed by atoms with Gasteiger partial charge in [-0.2, -0.15) is 0 Å². The van der Waals surface area contributed by atoms with Crippen LogP contribution in [0.25, 0.3) is 0 Å². The van der Waals surface area contributed by atoms with Gasteiger partial charge in [0.1, 0.15) is 0 Å². The van der Waals surface area contributed by atoms with Crippen molar-refractivity contribution in [1.82, 2.24) is 0 Å². The summed E-state index contributed by atoms with van der Waals surface area (Å²) in [6.07, 6.45) is 8.71. The lowest BCUT2D eigenvalue weighted by Crippen LogP contribution is -2.26. The molecule has 1 fully saturated rings. The third kappa shape index (κ3) is 4.29. The van der Waals surface area contributed by atoms with Crippen molar-refractivity contribution in [2.45, 2.75) is 37.5 Å². The summed E-state index contributed by atoms with van der Waals surface area (Å²) in [5.74, 6) is 0.386. The minimum absolute atomic E-state index is 0.0531. The highest BCUT2D eigenvalue weighted by molar-refractivity contribution is 8.03. The van der Waals surface area contributed by atoms with Gasteiger partial charge < -0.3 is 0 Å². The molecule has 0 spiro atoms. The highest BCUT2D eigenvalue weighted by atomic mass is 35.5. The van der Waals surface area contributed by atoms with Gasteiger partial charge >= 0.3 is 0 Å². The molecular weight excluding hydrogens is 416 g/mol. The third-order valence-corrected chi connectivity index (χ3v) is 7.88. The number of hydrogen-bond donors (Lipinski definition) is 0. The number of hydrogen-bond acceptors (Lipinski definition) is 5. The van der Waals surface area contributed by atoms with E-state index in [1.807, 2.05) is 0 Å². The van der Waals surface area contributed by atoms with E-state index in [1.54, 1.807) is 11.8 Å². The van der Waals surface area contributed by atoms with Crippen LogP contribution in [0, 0.1) is 11.8 Å². The zero-order chi connectivity index (χ0) is 20.5. The van der Waals surface area contributed by atoms with Gasteiger partial charge in [0.15, 0.2) is 21.4 Å². The average molecular weight is 439 g/mol. The van der Waals surface area contributed by atoms with Crippen molar-refractivity contribution < 1.29 is 18.0 Å². The van der Waals surface area contributed by atoms with Crippen LogP contribution in [0.4, 0.5) is 0 Å². The van der Waals surface area contributed by atoms with E-state index in [1.165, 1.54) is 18.2 Å². The van der Waals surface area contributed by atoms with Gasteiger partial charge in [0.2, 0.25) is 0 Å². The van der Waals surface area contributed by atoms with Crippen LogP contribution in [0.15, 0.2) is 45.7 Å². The number of thioether (sulfide) groups is 1. The molecule has 150 valence electrons. The average Bonchev–Trinajstić information content (AvgIpc) is 3.08. The standard InChI is InChI=1S/C21H23ClO4S2/c1-3-4-5-10-27-21-14-7-6-13(11-14)19(23)18(21)20(24)16-9-8-15(12-17(16)22)28(2,25)26/h4-5,8-9,12-14H,3,6-7,10-11H2,1-2H3. The normalized spacial score (nSPS) is 22.3. The predicted molar refractivity (Wildman–Crippen MR) is 114 cm³/mol. The van der Waals surface area contributed by atoms with Crippen LogP contribution < -0.4 is 0 Å². The number of sulfone groups is 1. The lowest BCUT2D eigenvalue weighted by molar-refractivity contribution is -0.119. The molecule has 0 saturated heterocycles. The number of halogens is 1. The van der Waals surface area contributed by atoms with E-state index in [2.05, 4.69) is 19.1 Å². The molecule has 28 heavy (non-hydrogen) atoms. The first kappa shape index (κ1) is 21.3. The summed E-state index contributed by atoms with van der Waals surface area (Å²) in [4.78, 5) is 27.2. The summed E-state index contributed by atoms with van der Waals surface area (Å²) in [5, 5.41) is 0.0568. The summed E-state index contributed by atoms with van der Waals surface area (Å²) < 4.78 is 23.4. The Morgan fingerprint density at radius 1 is 1.25 bits per heavy atom. The first-order chi connectivity index (χ1) is 13.2. The molecule has 2 atom stereocenters. The molecule has 0 N–H and O–H groups in total. The summed E-state index contributed by atoms with van der Waals surface area (Å²) in [6, 6.07) is 4.06. The van der Waals surface area contributed by atoms with E-state index in [0.717, 1.165) is 42.6 Å². The summed E-state index contributed by atoms with van der Waals surface area (Å²) in [6.45, 7) is 2.06. The number of fused-ring (bicyclic) bond motifs is 2. The summed E-state index contributed by atoms with van der Waals surface area (Å²) in [7, 11) is -3.43. The maximum atomic E-state index is 13.3. The van der Waals surface area contributed by atoms with Crippen LogP contribution in [-0.4, -0.2) is 32.0 Å². The van der Waals surface area contributed by atoms with Crippen LogP contribution in [0.1, 0.15) is 43.0 Å². The molecule has 0 amide bonds. The lowest BCUT2D eigenvalue weighted by atomic mass is 9.84. The van der Waals surface area contributed by atoms with Crippen molar-refractivity contribution in [3.8, 4) is 0 Å². The molecule has 2 unspecified atom stereocenters. The molecule has 2 aliphatic carbocycles. The number of ketones is 2. The predicted octanol–water partition coefficient (Wildman–Crippen LogP) is 4.88. The van der Waals surface area contributed by atoms with Gasteiger partial charge in [0.05, 0.1) is 15.5 Å². The monoisotopic (exact) mass is 438 g/mol. The smallest absolute Gasteiger partial charge is 0.198 e. The van der Waals surface area contributed by atoms with Gasteiger partial charge in [-0.15, -0.1) is 11.8 Å². The fraction of sp³-hybridized carbons (Fsp3) is 0.429. The number of rotatable bonds is 7. The molecule has 0 aromatic heterocycles. The quantitative estimate of drug-likeness (QED) is 0.345. The maximum absolute atomic E-state index is 13.3. The molecule has 0 heterocycles. The largest absolute Gasteiger partial charge is 0.294 e. The number of Topliss-reactive ketones (excluding diaryl/α,β-unsaturated/α-hetero) is 2. The van der Waals surface area contributed by atoms with E-state index in [4.69, 9.17) is 11.6 Å². The van der Waals surface area contributed by atoms with Gasteiger partial charge in [-0.05, 0) is 49.8 Å². The zero-order valence-electron chi connectivity index (χ0n) is 15.9. The summed E-state index contributed by atoms with van der Waals surface area (Å²) in [5.41, 5.74) is 0.434. The van der Waals surface area contributed by atoms with Crippen molar-refractivity contribution in [2.24, 2.45) is 11.8 Å². The molecule has 1 aromatic rings. The minimum atomic E-state index is -3.43. The topological polar surface area (TPSA) is 68.3 Å². The van der Waals surface area contributed by atoms with Crippen LogP contribution in [0.3, 0.4) is 0 Å². The Balaban J connectivity index is 2.00. The molecule has 2 bridgehead atoms. The van der Waals surface area contributed by atoms with E-state index in [-0.39, 0.29) is 38.7 Å². The number of carbonyl (C=O) groups excluding carboxylic acids is 2. The molecule has 1 aromatic carbocycles. The Morgan fingerprint density at radius 3 is 2.61 bits per heavy atom. The fourth-order valence-corrected chi connectivity index (χ4v) is 6.00. The van der Waals surface area contributed by atoms with Gasteiger partial charge in [-0.1, -0.05) is 30.7 Å². The molecule has 2 aliphatic rings. The number of allylic oxidation sites excluding steroid dienone is 3. The summed E-state index contributed by atoms with van der Waals surface area (Å²) >= 11 is 7.80. The second kappa shape index (κ2) is 8.56. The molecule has 4 nitrogen and oxygen atoms in total. The highest BCUT2D eigenvalue weighted by Gasteiger charge is 2.43. The fourth-order valence-electron chi connectivity index (χ4n) is 3.82. The Kier molecular flexibility index (Phi) is 6.52. The molecule has 1 saturated carbocycles. The Bertz CT molecular complexity index is 976. The Hall–Kier alpha value is -1.37. The van der Waals surface area contributed by atoms with Crippen molar-refractivity contribution in [1.29, 1.82) is 0 Å². The molecule has 7 heteroatoms. The van der Waals surface area contributed by atoms with E-state index < -0.39 is 15.6 Å². The SMILES string of the molecule is CCC=CCSC1=C(C(=O)c2ccc(S(C)(=O)=O)cc2Cl)C(=O)C2CCC1C2. The zero-order valence-corrected chi connectivity index (χ0v) is 18.3. The number of benzene rings is 1. The first-order valence-electron chi connectivity index (χ1n) is 9.34. The Morgan fingerprint density at radius 2 is 1.96 bits per heavy atom. The lowest BCUT2D eigenvalue weighted by Gasteiger charge is -2.24. The van der Waals surface area contributed by atoms with Gasteiger partial charge in [-0.3, -0.25) is 9.59 Å². The van der Waals surface area contributed by atoms with Crippen LogP contribution in [0.2, 0.25) is 5.02 Å². The molecule has 0 radical (unpaired) electrons. The van der Waals surface area contributed by atoms with Gasteiger partial charge in [0, 0.05) is 28.4 Å². The molecular formula is C21H23ClO4S2. The highest BCUT2D eigenvalue weighted by Crippen LogP contribution is 2.48. The van der Waals surface area contributed by atoms with E-state index >= 15 is 0 Å². The van der Waals surface area contributed by atoms with Crippen molar-refractivity contribution in [3.05, 3.63) is 51.4 Å². The van der Waals surface area contributed by atoms with E-state index in [0.29, 0.717) is 0 Å². The van der Waals surface area contributed by atoms with Crippen molar-refractivity contribution in [2.75, 3.05) is 12.0 Å². The third-order valence-electron chi connectivity index (χ3n) is 5.24. The van der Waals surface area contributed by atoms with Crippen LogP contribution >= 0.6 is 23.4 Å². The molecule has 3 rings (SSSR count). The van der Waals surface area contributed by atoms with E-state index in [9.17, 15) is 18.0 Å². The van der Waals surface area contributed by atoms with Gasteiger partial charge in [0.25, 0.3) is 0 Å². The molecule has 0 aliphatic heterocycles. The maximum Gasteiger partial charge on any atom is 0.198 e. The second-order valence-electron chi connectivity index (χ2n) is 7.24. The van der Waals surface area contributed by atoms with Crippen molar-refractivity contribution in [3.63, 3.8) is 0 Å². The first-order valence-corrected chi connectivity index (χ1v) is 12.6.